The van der Waals surface area contributed by atoms with E-state index in [1.54, 1.807) is 13.0 Å². The fourth-order valence-electron chi connectivity index (χ4n) is 2.76. The predicted molar refractivity (Wildman–Crippen MR) is 68.6 cm³/mol. The molecule has 2 N–H and O–H groups in total. The van der Waals surface area contributed by atoms with Crippen LogP contribution in [-0.2, 0) is 6.54 Å². The third-order valence-electron chi connectivity index (χ3n) is 4.66. The van der Waals surface area contributed by atoms with Gasteiger partial charge in [-0.2, -0.15) is 0 Å². The maximum atomic E-state index is 10.9. The van der Waals surface area contributed by atoms with Crippen LogP contribution in [0.4, 0.5) is 0 Å². The smallest absolute Gasteiger partial charge is 0.372 e. The first-order valence-electron chi connectivity index (χ1n) is 6.24. The van der Waals surface area contributed by atoms with Crippen molar-refractivity contribution in [3.8, 4) is 0 Å². The topological polar surface area (TPSA) is 62.5 Å². The standard InChI is InChI=1S/C14H21NO3/c1-8-6-9(18-10(8)11(16)17)7-15-12-13(2,3)14(12,4)5/h6,12,15H,7H2,1-5H3,(H,16,17). The van der Waals surface area contributed by atoms with Gasteiger partial charge in [0.2, 0.25) is 5.76 Å². The van der Waals surface area contributed by atoms with Gasteiger partial charge in [0.25, 0.3) is 0 Å². The SMILES string of the molecule is Cc1cc(CNC2C(C)(C)C2(C)C)oc1C(=O)O. The molecule has 1 heterocycles. The van der Waals surface area contributed by atoms with E-state index in [-0.39, 0.29) is 16.6 Å². The Kier molecular flexibility index (Phi) is 2.81. The number of hydrogen-bond donors (Lipinski definition) is 2. The zero-order valence-corrected chi connectivity index (χ0v) is 11.6. The lowest BCUT2D eigenvalue weighted by Gasteiger charge is -2.03. The van der Waals surface area contributed by atoms with Crippen LogP contribution in [0.1, 0.15) is 49.6 Å². The average molecular weight is 251 g/mol. The Labute approximate surface area is 107 Å². The van der Waals surface area contributed by atoms with Gasteiger partial charge in [-0.05, 0) is 23.8 Å². The first-order chi connectivity index (χ1) is 8.18. The van der Waals surface area contributed by atoms with Crippen molar-refractivity contribution in [2.75, 3.05) is 0 Å². The van der Waals surface area contributed by atoms with E-state index in [9.17, 15) is 4.79 Å². The molecule has 0 amide bonds. The lowest BCUT2D eigenvalue weighted by Crippen LogP contribution is -2.21. The Morgan fingerprint density at radius 1 is 1.39 bits per heavy atom. The van der Waals surface area contributed by atoms with Crippen LogP contribution in [0.5, 0.6) is 0 Å². The maximum absolute atomic E-state index is 10.9. The quantitative estimate of drug-likeness (QED) is 0.863. The van der Waals surface area contributed by atoms with Crippen molar-refractivity contribution in [2.45, 2.75) is 47.2 Å². The summed E-state index contributed by atoms with van der Waals surface area (Å²) in [5.74, 6) is -0.282. The molecule has 0 saturated heterocycles. The Morgan fingerprint density at radius 3 is 2.33 bits per heavy atom. The molecule has 1 saturated carbocycles. The van der Waals surface area contributed by atoms with Crippen molar-refractivity contribution in [1.29, 1.82) is 0 Å². The number of rotatable bonds is 4. The van der Waals surface area contributed by atoms with E-state index < -0.39 is 5.97 Å². The molecule has 2 rings (SSSR count). The third kappa shape index (κ3) is 1.85. The van der Waals surface area contributed by atoms with Gasteiger partial charge in [-0.1, -0.05) is 27.7 Å². The van der Waals surface area contributed by atoms with Crippen LogP contribution < -0.4 is 5.32 Å². The molecule has 4 nitrogen and oxygen atoms in total. The van der Waals surface area contributed by atoms with Crippen molar-refractivity contribution >= 4 is 5.97 Å². The number of nitrogens with one attached hydrogen (secondary N) is 1. The number of carboxylic acids is 1. The summed E-state index contributed by atoms with van der Waals surface area (Å²) in [5.41, 5.74) is 1.21. The molecule has 0 aliphatic heterocycles. The summed E-state index contributed by atoms with van der Waals surface area (Å²) in [5, 5.41) is 12.4. The largest absolute Gasteiger partial charge is 0.475 e. The number of carbonyl (C=O) groups is 1. The van der Waals surface area contributed by atoms with Gasteiger partial charge in [0.05, 0.1) is 6.54 Å². The Bertz CT molecular complexity index is 471. The number of hydrogen-bond acceptors (Lipinski definition) is 3. The van der Waals surface area contributed by atoms with Crippen LogP contribution in [-0.4, -0.2) is 17.1 Å². The van der Waals surface area contributed by atoms with Gasteiger partial charge in [0.15, 0.2) is 0 Å². The molecule has 0 bridgehead atoms. The Balaban J connectivity index is 2.01. The van der Waals surface area contributed by atoms with E-state index in [0.717, 1.165) is 0 Å². The lowest BCUT2D eigenvalue weighted by atomic mass is 10.0. The molecular weight excluding hydrogens is 230 g/mol. The third-order valence-corrected chi connectivity index (χ3v) is 4.66. The van der Waals surface area contributed by atoms with E-state index in [1.807, 2.05) is 0 Å². The van der Waals surface area contributed by atoms with Crippen LogP contribution in [0.2, 0.25) is 0 Å². The van der Waals surface area contributed by atoms with Gasteiger partial charge in [0.1, 0.15) is 5.76 Å². The van der Waals surface area contributed by atoms with Gasteiger partial charge < -0.3 is 14.8 Å². The highest BCUT2D eigenvalue weighted by atomic mass is 16.4. The second-order valence-electron chi connectivity index (χ2n) is 6.29. The molecular formula is C14H21NO3. The van der Waals surface area contributed by atoms with Crippen molar-refractivity contribution in [1.82, 2.24) is 5.32 Å². The second kappa shape index (κ2) is 3.85. The fourth-order valence-corrected chi connectivity index (χ4v) is 2.76. The summed E-state index contributed by atoms with van der Waals surface area (Å²) in [7, 11) is 0. The van der Waals surface area contributed by atoms with E-state index in [0.29, 0.717) is 23.9 Å². The first-order valence-corrected chi connectivity index (χ1v) is 6.24. The first kappa shape index (κ1) is 13.1. The van der Waals surface area contributed by atoms with Gasteiger partial charge in [-0.15, -0.1) is 0 Å². The van der Waals surface area contributed by atoms with E-state index in [1.165, 1.54) is 0 Å². The van der Waals surface area contributed by atoms with Gasteiger partial charge in [-0.25, -0.2) is 4.79 Å². The van der Waals surface area contributed by atoms with Crippen LogP contribution in [0.3, 0.4) is 0 Å². The molecule has 100 valence electrons. The molecule has 1 fully saturated rings. The van der Waals surface area contributed by atoms with Gasteiger partial charge in [-0.3, -0.25) is 0 Å². The van der Waals surface area contributed by atoms with Crippen LogP contribution in [0.15, 0.2) is 10.5 Å². The van der Waals surface area contributed by atoms with Crippen molar-refractivity contribution < 1.29 is 14.3 Å². The van der Waals surface area contributed by atoms with Crippen LogP contribution in [0, 0.1) is 17.8 Å². The van der Waals surface area contributed by atoms with Crippen molar-refractivity contribution in [3.63, 3.8) is 0 Å². The van der Waals surface area contributed by atoms with E-state index in [4.69, 9.17) is 9.52 Å². The van der Waals surface area contributed by atoms with Crippen LogP contribution >= 0.6 is 0 Å². The lowest BCUT2D eigenvalue weighted by molar-refractivity contribution is 0.0659. The Morgan fingerprint density at radius 2 is 1.94 bits per heavy atom. The predicted octanol–water partition coefficient (Wildman–Crippen LogP) is 2.81. The molecule has 0 unspecified atom stereocenters. The minimum Gasteiger partial charge on any atom is -0.475 e. The number of furan rings is 1. The molecule has 0 radical (unpaired) electrons. The fraction of sp³-hybridized carbons (Fsp3) is 0.643. The number of aryl methyl sites for hydroxylation is 1. The summed E-state index contributed by atoms with van der Waals surface area (Å²) >= 11 is 0. The molecule has 1 aromatic heterocycles. The Hall–Kier alpha value is -1.29. The van der Waals surface area contributed by atoms with E-state index in [2.05, 4.69) is 33.0 Å². The molecule has 18 heavy (non-hydrogen) atoms. The molecule has 0 spiro atoms. The summed E-state index contributed by atoms with van der Waals surface area (Å²) in [6.07, 6.45) is 0. The summed E-state index contributed by atoms with van der Waals surface area (Å²) in [6, 6.07) is 2.22. The normalized spacial score (nSPS) is 20.9. The van der Waals surface area contributed by atoms with Crippen LogP contribution in [0.25, 0.3) is 0 Å². The molecule has 0 atom stereocenters. The number of aromatic carboxylic acids is 1. The minimum absolute atomic E-state index is 0.0427. The second-order valence-corrected chi connectivity index (χ2v) is 6.29. The van der Waals surface area contributed by atoms with Gasteiger partial charge >= 0.3 is 5.97 Å². The summed E-state index contributed by atoms with van der Waals surface area (Å²) in [6.45, 7) is 11.3. The number of carboxylic acid groups (broad SMARTS) is 1. The van der Waals surface area contributed by atoms with Gasteiger partial charge in [0, 0.05) is 11.6 Å². The van der Waals surface area contributed by atoms with Crippen molar-refractivity contribution in [2.24, 2.45) is 10.8 Å². The maximum Gasteiger partial charge on any atom is 0.372 e. The summed E-state index contributed by atoms with van der Waals surface area (Å²) < 4.78 is 5.33. The van der Waals surface area contributed by atoms with Crippen molar-refractivity contribution in [3.05, 3.63) is 23.2 Å². The molecule has 1 aliphatic rings. The molecule has 0 aromatic carbocycles. The highest BCUT2D eigenvalue weighted by Gasteiger charge is 2.64. The monoisotopic (exact) mass is 251 g/mol. The minimum atomic E-state index is -1.01. The molecule has 1 aromatic rings. The average Bonchev–Trinajstić information content (AvgIpc) is 2.56. The summed E-state index contributed by atoms with van der Waals surface area (Å²) in [4.78, 5) is 10.9. The van der Waals surface area contributed by atoms with E-state index >= 15 is 0 Å². The molecule has 1 aliphatic carbocycles. The zero-order valence-electron chi connectivity index (χ0n) is 11.6. The molecule has 4 heteroatoms. The zero-order chi connectivity index (χ0) is 13.7. The highest BCUT2D eigenvalue weighted by molar-refractivity contribution is 5.86. The highest BCUT2D eigenvalue weighted by Crippen LogP contribution is 2.62.